The van der Waals surface area contributed by atoms with E-state index in [2.05, 4.69) is 160 Å². The molecule has 0 amide bonds. The third-order valence-corrected chi connectivity index (χ3v) is 9.25. The van der Waals surface area contributed by atoms with Gasteiger partial charge in [-0.15, -0.1) is 38.8 Å². The number of nitrogens with two attached hydrogens (primary N) is 2. The first-order chi connectivity index (χ1) is 31.2. The molecule has 0 unspecified atom stereocenters. The van der Waals surface area contributed by atoms with Crippen LogP contribution in [-0.4, -0.2) is 118 Å². The second-order valence-corrected chi connectivity index (χ2v) is 14.1. The average Bonchev–Trinajstić information content (AvgIpc) is 4.23. The molecule has 10 rings (SSSR count). The molecule has 0 atom stereocenters. The first kappa shape index (κ1) is 202. The van der Waals surface area contributed by atoms with Gasteiger partial charge in [0.2, 0.25) is 0 Å². The van der Waals surface area contributed by atoms with E-state index in [1.807, 2.05) is 65.7 Å². The van der Waals surface area contributed by atoms with Crippen LogP contribution in [0.25, 0.3) is 45.0 Å². The largest absolute Gasteiger partial charge is 0.502 e. The number of anilines is 4. The molecule has 0 saturated heterocycles. The van der Waals surface area contributed by atoms with Crippen molar-refractivity contribution in [1.82, 2.24) is 105 Å². The molecule has 99 heavy (non-hydrogen) atoms. The third kappa shape index (κ3) is 65.8. The monoisotopic (exact) mass is 2910 g/mol. The Kier molecular flexibility index (Phi) is 227. The number of H-pyrrole nitrogens is 2. The molecule has 6 N–H and O–H groups in total. The average molecular weight is 2910 g/mol. The van der Waals surface area contributed by atoms with Gasteiger partial charge in [0, 0.05) is 758 Å². The van der Waals surface area contributed by atoms with E-state index in [0.29, 0.717) is 34.8 Å². The summed E-state index contributed by atoms with van der Waals surface area (Å²) >= 11 is 0. The number of nitrogen functional groups attached to an aromatic ring is 2. The van der Waals surface area contributed by atoms with E-state index in [4.69, 9.17) is 11.5 Å². The summed E-state index contributed by atoms with van der Waals surface area (Å²) in [4.78, 5) is 57.5. The molecule has 10 aromatic rings. The minimum atomic E-state index is 0. The van der Waals surface area contributed by atoms with Gasteiger partial charge in [0.1, 0.15) is 0 Å². The molecule has 10 heterocycles. The molecule has 0 aromatic carbocycles. The number of rotatable bonds is 7. The van der Waals surface area contributed by atoms with E-state index in [1.165, 1.54) is 10.2 Å². The molecule has 0 aliphatic rings. The number of hydrogen-bond donors (Lipinski definition) is 4. The van der Waals surface area contributed by atoms with Gasteiger partial charge in [-0.3, -0.25) is 10.2 Å². The molecule has 495 valence electrons. The van der Waals surface area contributed by atoms with Gasteiger partial charge < -0.3 is 116 Å². The van der Waals surface area contributed by atoms with Crippen molar-refractivity contribution in [3.05, 3.63) is 83.5 Å². The topological polar surface area (TPSA) is 323 Å². The predicted molar refractivity (Wildman–Crippen MR) is 244 cm³/mol. The van der Waals surface area contributed by atoms with E-state index in [9.17, 15) is 0 Å². The molecule has 0 bridgehead atoms. The van der Waals surface area contributed by atoms with Crippen LogP contribution >= 0.6 is 0 Å². The molecule has 25 nitrogen and oxygen atoms in total. The van der Waals surface area contributed by atoms with Gasteiger partial charge in [-0.2, -0.15) is 0 Å². The van der Waals surface area contributed by atoms with Gasteiger partial charge in [-0.05, 0) is 66.4 Å². The van der Waals surface area contributed by atoms with E-state index in [1.54, 1.807) is 4.68 Å². The first-order valence-electron chi connectivity index (χ1n) is 19.9. The van der Waals surface area contributed by atoms with Crippen molar-refractivity contribution in [2.75, 3.05) is 49.5 Å². The Morgan fingerprint density at radius 1 is 0.384 bits per heavy atom. The normalized spacial score (nSPS) is 7.02. The minimum Gasteiger partial charge on any atom is -0.502 e. The molecule has 0 aliphatic heterocycles. The maximum atomic E-state index is 5.65. The van der Waals surface area contributed by atoms with E-state index >= 15 is 0 Å². The molecule has 58 heteroatoms. The number of nitrogens with one attached hydrogen (secondary N) is 2. The maximum Gasteiger partial charge on any atom is 0.0599 e. The van der Waals surface area contributed by atoms with Crippen LogP contribution in [-0.2, 0) is 759 Å². The summed E-state index contributed by atoms with van der Waals surface area (Å²) in [6.45, 7) is 14.0. The molecular formula is C41H49N25V24Y9-10. The fourth-order valence-corrected chi connectivity index (χ4v) is 6.12. The second kappa shape index (κ2) is 112. The number of aromatic amines is 2. The summed E-state index contributed by atoms with van der Waals surface area (Å²) in [5.74, 6) is 3.50. The Labute approximate surface area is 1100 Å². The summed E-state index contributed by atoms with van der Waals surface area (Å²) < 4.78 is 2.89. The van der Waals surface area contributed by atoms with Crippen molar-refractivity contribution in [2.45, 2.75) is 75.2 Å². The summed E-state index contributed by atoms with van der Waals surface area (Å²) in [7, 11) is 7.53. The van der Waals surface area contributed by atoms with Gasteiger partial charge in [0.15, 0.2) is 0 Å². The SMILES string of the molecule is C.CCc1c(C)n[c-]c2nc(-n3n[c-]nc3N(C)C)[n-]c12.CCc1c(C)n[c-]c2nc(-n3n[c-]nc3N)[n-]c12.CCc1c(C)n[c-]c2nc(C)[n-]c12.CN(C)c1n[c-]n[nH]1.Nc1n[c-]n[nH]1.[V].[V].[V].[V].[V].[V].[V].[V].[V].[V].[V].[V].[V].[V].[V].[V].[V].[V].[V].[V].[V].[V].[V].[V].[Y].[Y].[Y].[Y].[Y].[Y].[Y].[Y].[Y]. The minimum absolute atomic E-state index is 0. The third-order valence-electron chi connectivity index (χ3n) is 9.25. The number of aryl methyl sites for hydroxylation is 7. The van der Waals surface area contributed by atoms with Gasteiger partial charge in [0.05, 0.1) is 11.9 Å². The number of aromatic nitrogens is 21. The molecule has 10 aromatic heterocycles. The second-order valence-electron chi connectivity index (χ2n) is 14.1. The summed E-state index contributed by atoms with van der Waals surface area (Å²) in [6, 6.07) is 0. The van der Waals surface area contributed by atoms with Crippen LogP contribution in [0.5, 0.6) is 0 Å². The fraction of sp³-hybridized carbons (Fsp3) is 0.366. The van der Waals surface area contributed by atoms with Crippen LogP contribution in [0, 0.1) is 71.6 Å². The van der Waals surface area contributed by atoms with Crippen molar-refractivity contribution < 1.29 is 740 Å². The number of nitrogens with zero attached hydrogens (tertiary/aromatic N) is 21. The fourth-order valence-electron chi connectivity index (χ4n) is 6.12. The maximum absolute atomic E-state index is 5.65. The van der Waals surface area contributed by atoms with Crippen molar-refractivity contribution in [2.24, 2.45) is 0 Å². The smallest absolute Gasteiger partial charge is 0.0599 e. The Morgan fingerprint density at radius 2 is 0.697 bits per heavy atom. The Balaban J connectivity index is -0.0000000218. The Bertz CT molecular complexity index is 3150. The summed E-state index contributed by atoms with van der Waals surface area (Å²) in [5, 5.41) is 19.8. The quantitative estimate of drug-likeness (QED) is 0.166. The van der Waals surface area contributed by atoms with Crippen LogP contribution in [0.2, 0.25) is 0 Å². The Morgan fingerprint density at radius 3 is 0.960 bits per heavy atom. The number of pyridine rings is 3. The van der Waals surface area contributed by atoms with Crippen LogP contribution < -0.4 is 36.2 Å². The van der Waals surface area contributed by atoms with Crippen LogP contribution in [0.3, 0.4) is 0 Å². The van der Waals surface area contributed by atoms with Crippen molar-refractivity contribution in [3.8, 4) is 11.9 Å². The van der Waals surface area contributed by atoms with Crippen molar-refractivity contribution in [1.29, 1.82) is 0 Å². The first-order valence-corrected chi connectivity index (χ1v) is 19.9. The Hall–Kier alpha value is 15.6. The van der Waals surface area contributed by atoms with E-state index in [-0.39, 0.29) is 753 Å². The summed E-state index contributed by atoms with van der Waals surface area (Å²) in [6.07, 6.45) is 21.0. The number of fused-ring (bicyclic) bond motifs is 3. The van der Waals surface area contributed by atoms with Crippen molar-refractivity contribution in [3.63, 3.8) is 0 Å². The van der Waals surface area contributed by atoms with E-state index in [0.717, 1.165) is 81.3 Å². The molecule has 0 saturated carbocycles. The number of hydrogen-bond acceptors (Lipinski definition) is 18. The zero-order valence-corrected chi connectivity index (χ0v) is 113. The zero-order chi connectivity index (χ0) is 46.8. The number of imidazole rings is 3. The van der Waals surface area contributed by atoms with E-state index < -0.39 is 0 Å². The van der Waals surface area contributed by atoms with Crippen LogP contribution in [0.4, 0.5) is 23.8 Å². The molecule has 0 fully saturated rings. The van der Waals surface area contributed by atoms with Gasteiger partial charge in [-0.1, -0.05) is 121 Å². The van der Waals surface area contributed by atoms with Crippen LogP contribution in [0.1, 0.15) is 67.8 Å². The molecule has 0 spiro atoms. The zero-order valence-electron chi connectivity index (χ0n) is 53.6. The van der Waals surface area contributed by atoms with Gasteiger partial charge in [-0.25, -0.2) is 0 Å². The van der Waals surface area contributed by atoms with Crippen molar-refractivity contribution >= 4 is 56.9 Å². The van der Waals surface area contributed by atoms with Gasteiger partial charge in [0.25, 0.3) is 0 Å². The molecule has 33 radical (unpaired) electrons. The predicted octanol–water partition coefficient (Wildman–Crippen LogP) is 1.90. The van der Waals surface area contributed by atoms with Crippen LogP contribution in [0.15, 0.2) is 0 Å². The summed E-state index contributed by atoms with van der Waals surface area (Å²) in [5.41, 5.74) is 21.5. The van der Waals surface area contributed by atoms with Gasteiger partial charge >= 0.3 is 0 Å². The molecular weight excluding hydrogens is 2870 g/mol. The standard InChI is InChI=1S/C13H14N7.C11H10N7.C10H11N3.C4H7N4.C2H3N4.CH4.24V.9Y/c1-5-9-8(2)14-6-10-11(9)18-12(17-10)20-13(19(3)4)15-7-16-20;1-3-7-6(2)13-4-8-9(7)17-11(16-8)18-10(12)14-5-15-18;1-4-8-6(2)11-5-9-10(8)13-7(3)12-9;1-8(2)4-5-3-6-7-4;3-2-4-1-5-6-2;;;;;;;;;;;;;;;;;;;;;;;;;;;;;;;;;;/h5H2,1-4H3;3H2,1-2H3,(H2-,12,14,15,16,17);4H2,1-3H3;1-2H3,(H,5,6,7);(H3,3,4,5,6);1H4;;;;;;;;;;;;;;;;;;;;;;;;;;;;;;;;;/q2*-3;-2;2*-1;;;;;;;;;;;;;;;;;;;;;;;;;;;;;;;;;;. The molecule has 0 aliphatic carbocycles.